The Morgan fingerprint density at radius 2 is 0.923 bits per heavy atom. The molecule has 130 valence electrons. The molecule has 4 aromatic carbocycles. The van der Waals surface area contributed by atoms with Crippen LogP contribution < -0.4 is 0 Å². The van der Waals surface area contributed by atoms with Gasteiger partial charge in [0.2, 0.25) is 0 Å². The SMILES string of the molecule is C[C@H](c1cccc2ccccc12)N(C)[C@H](C)c1cccc2ccccc12. The highest BCUT2D eigenvalue weighted by Crippen LogP contribution is 2.34. The summed E-state index contributed by atoms with van der Waals surface area (Å²) < 4.78 is 0. The average molecular weight is 339 g/mol. The van der Waals surface area contributed by atoms with Crippen LogP contribution in [0.4, 0.5) is 0 Å². The van der Waals surface area contributed by atoms with Gasteiger partial charge in [0.1, 0.15) is 0 Å². The summed E-state index contributed by atoms with van der Waals surface area (Å²) in [6.45, 7) is 4.62. The Morgan fingerprint density at radius 3 is 1.38 bits per heavy atom. The first kappa shape index (κ1) is 16.8. The topological polar surface area (TPSA) is 3.24 Å². The highest BCUT2D eigenvalue weighted by Gasteiger charge is 2.21. The molecule has 0 radical (unpaired) electrons. The summed E-state index contributed by atoms with van der Waals surface area (Å²) in [5.74, 6) is 0. The van der Waals surface area contributed by atoms with Crippen LogP contribution in [0.3, 0.4) is 0 Å². The highest BCUT2D eigenvalue weighted by molar-refractivity contribution is 5.87. The Kier molecular flexibility index (Phi) is 4.48. The van der Waals surface area contributed by atoms with E-state index in [9.17, 15) is 0 Å². The van der Waals surface area contributed by atoms with Gasteiger partial charge in [-0.05, 0) is 53.6 Å². The minimum absolute atomic E-state index is 0.329. The zero-order valence-corrected chi connectivity index (χ0v) is 15.7. The lowest BCUT2D eigenvalue weighted by molar-refractivity contribution is 0.201. The normalized spacial score (nSPS) is 14.0. The van der Waals surface area contributed by atoms with Crippen molar-refractivity contribution in [1.29, 1.82) is 0 Å². The lowest BCUT2D eigenvalue weighted by Gasteiger charge is -2.32. The van der Waals surface area contributed by atoms with Crippen LogP contribution in [0.1, 0.15) is 37.1 Å². The van der Waals surface area contributed by atoms with Gasteiger partial charge in [-0.25, -0.2) is 0 Å². The molecule has 0 N–H and O–H groups in total. The molecular formula is C25H25N. The molecule has 0 aliphatic heterocycles. The van der Waals surface area contributed by atoms with Gasteiger partial charge in [0.05, 0.1) is 0 Å². The fourth-order valence-corrected chi connectivity index (χ4v) is 4.00. The van der Waals surface area contributed by atoms with Crippen LogP contribution in [0.15, 0.2) is 84.9 Å². The number of benzene rings is 4. The van der Waals surface area contributed by atoms with E-state index in [0.717, 1.165) is 0 Å². The minimum atomic E-state index is 0.329. The van der Waals surface area contributed by atoms with Gasteiger partial charge in [0, 0.05) is 12.1 Å². The van der Waals surface area contributed by atoms with Gasteiger partial charge in [-0.2, -0.15) is 0 Å². The van der Waals surface area contributed by atoms with E-state index in [-0.39, 0.29) is 0 Å². The van der Waals surface area contributed by atoms with Crippen molar-refractivity contribution in [2.24, 2.45) is 0 Å². The fraction of sp³-hybridized carbons (Fsp3) is 0.200. The zero-order chi connectivity index (χ0) is 18.1. The maximum Gasteiger partial charge on any atom is 0.0329 e. The second kappa shape index (κ2) is 6.93. The molecule has 26 heavy (non-hydrogen) atoms. The lowest BCUT2D eigenvalue weighted by Crippen LogP contribution is -2.26. The van der Waals surface area contributed by atoms with E-state index in [1.54, 1.807) is 0 Å². The quantitative estimate of drug-likeness (QED) is 0.397. The van der Waals surface area contributed by atoms with Gasteiger partial charge in [-0.1, -0.05) is 84.9 Å². The Bertz CT molecular complexity index is 954. The lowest BCUT2D eigenvalue weighted by atomic mass is 9.95. The van der Waals surface area contributed by atoms with Crippen molar-refractivity contribution in [3.8, 4) is 0 Å². The van der Waals surface area contributed by atoms with Crippen molar-refractivity contribution < 1.29 is 0 Å². The Balaban J connectivity index is 1.73. The molecular weight excluding hydrogens is 314 g/mol. The van der Waals surface area contributed by atoms with Gasteiger partial charge >= 0.3 is 0 Å². The summed E-state index contributed by atoms with van der Waals surface area (Å²) in [6.07, 6.45) is 0. The van der Waals surface area contributed by atoms with E-state index in [0.29, 0.717) is 12.1 Å². The van der Waals surface area contributed by atoms with E-state index < -0.39 is 0 Å². The second-order valence-electron chi connectivity index (χ2n) is 7.15. The van der Waals surface area contributed by atoms with Crippen molar-refractivity contribution in [3.05, 3.63) is 96.1 Å². The minimum Gasteiger partial charge on any atom is -0.293 e. The van der Waals surface area contributed by atoms with Crippen LogP contribution in [0.5, 0.6) is 0 Å². The summed E-state index contributed by atoms with van der Waals surface area (Å²) in [5.41, 5.74) is 2.77. The molecule has 0 aromatic heterocycles. The summed E-state index contributed by atoms with van der Waals surface area (Å²) in [5, 5.41) is 5.31. The molecule has 0 amide bonds. The number of rotatable bonds is 4. The van der Waals surface area contributed by atoms with Crippen LogP contribution in [0.2, 0.25) is 0 Å². The smallest absolute Gasteiger partial charge is 0.0329 e. The molecule has 2 atom stereocenters. The third-order valence-electron chi connectivity index (χ3n) is 5.77. The average Bonchev–Trinajstić information content (AvgIpc) is 2.71. The predicted molar refractivity (Wildman–Crippen MR) is 112 cm³/mol. The van der Waals surface area contributed by atoms with Crippen LogP contribution >= 0.6 is 0 Å². The van der Waals surface area contributed by atoms with Crippen molar-refractivity contribution in [3.63, 3.8) is 0 Å². The van der Waals surface area contributed by atoms with Gasteiger partial charge < -0.3 is 0 Å². The molecule has 1 heteroatoms. The molecule has 0 fully saturated rings. The third-order valence-corrected chi connectivity index (χ3v) is 5.77. The van der Waals surface area contributed by atoms with Gasteiger partial charge in [0.15, 0.2) is 0 Å². The molecule has 4 aromatic rings. The number of fused-ring (bicyclic) bond motifs is 2. The monoisotopic (exact) mass is 339 g/mol. The van der Waals surface area contributed by atoms with E-state index in [4.69, 9.17) is 0 Å². The molecule has 0 spiro atoms. The second-order valence-corrected chi connectivity index (χ2v) is 7.15. The molecule has 0 saturated carbocycles. The molecule has 0 aliphatic rings. The molecule has 1 nitrogen and oxygen atoms in total. The third kappa shape index (κ3) is 2.89. The molecule has 0 heterocycles. The summed E-state index contributed by atoms with van der Waals surface area (Å²) in [4.78, 5) is 2.48. The van der Waals surface area contributed by atoms with E-state index in [2.05, 4.69) is 111 Å². The van der Waals surface area contributed by atoms with Crippen molar-refractivity contribution in [2.45, 2.75) is 25.9 Å². The van der Waals surface area contributed by atoms with Crippen LogP contribution in [-0.4, -0.2) is 11.9 Å². The molecule has 0 saturated heterocycles. The zero-order valence-electron chi connectivity index (χ0n) is 15.7. The van der Waals surface area contributed by atoms with E-state index >= 15 is 0 Å². The van der Waals surface area contributed by atoms with Crippen LogP contribution in [-0.2, 0) is 0 Å². The van der Waals surface area contributed by atoms with Gasteiger partial charge in [0.25, 0.3) is 0 Å². The molecule has 4 rings (SSSR count). The summed E-state index contributed by atoms with van der Waals surface area (Å²) >= 11 is 0. The number of hydrogen-bond donors (Lipinski definition) is 0. The van der Waals surface area contributed by atoms with Gasteiger partial charge in [-0.3, -0.25) is 4.90 Å². The standard InChI is InChI=1S/C25H25N/c1-18(22-16-8-12-20-10-4-6-14-24(20)22)26(3)19(2)23-17-9-13-21-11-5-7-15-25(21)23/h4-19H,1-3H3/t18-,19-/m1/s1. The Hall–Kier alpha value is -2.64. The first-order chi connectivity index (χ1) is 12.7. The fourth-order valence-electron chi connectivity index (χ4n) is 4.00. The first-order valence-electron chi connectivity index (χ1n) is 9.34. The van der Waals surface area contributed by atoms with Crippen LogP contribution in [0.25, 0.3) is 21.5 Å². The molecule has 0 unspecified atom stereocenters. The number of nitrogens with zero attached hydrogens (tertiary/aromatic N) is 1. The largest absolute Gasteiger partial charge is 0.293 e. The van der Waals surface area contributed by atoms with Crippen molar-refractivity contribution in [1.82, 2.24) is 4.90 Å². The maximum absolute atomic E-state index is 2.48. The summed E-state index contributed by atoms with van der Waals surface area (Å²) in [7, 11) is 2.24. The van der Waals surface area contributed by atoms with Crippen LogP contribution in [0, 0.1) is 0 Å². The maximum atomic E-state index is 2.48. The van der Waals surface area contributed by atoms with Crippen molar-refractivity contribution >= 4 is 21.5 Å². The Morgan fingerprint density at radius 1 is 0.538 bits per heavy atom. The predicted octanol–water partition coefficient (Wildman–Crippen LogP) is 6.75. The van der Waals surface area contributed by atoms with E-state index in [1.165, 1.54) is 32.7 Å². The highest BCUT2D eigenvalue weighted by atomic mass is 15.1. The van der Waals surface area contributed by atoms with E-state index in [1.807, 2.05) is 0 Å². The number of hydrogen-bond acceptors (Lipinski definition) is 1. The first-order valence-corrected chi connectivity index (χ1v) is 9.34. The van der Waals surface area contributed by atoms with Crippen molar-refractivity contribution in [2.75, 3.05) is 7.05 Å². The Labute approximate surface area is 155 Å². The molecule has 0 aliphatic carbocycles. The van der Waals surface area contributed by atoms with Gasteiger partial charge in [-0.15, -0.1) is 0 Å². The molecule has 0 bridgehead atoms. The summed E-state index contributed by atoms with van der Waals surface area (Å²) in [6, 6.07) is 31.3.